The minimum absolute atomic E-state index is 0.130. The molecule has 0 fully saturated rings. The van der Waals surface area contributed by atoms with E-state index in [9.17, 15) is 9.59 Å². The number of nitrogens with one attached hydrogen (secondary N) is 2. The van der Waals surface area contributed by atoms with E-state index >= 15 is 0 Å². The highest BCUT2D eigenvalue weighted by Gasteiger charge is 2.00. The summed E-state index contributed by atoms with van der Waals surface area (Å²) >= 11 is 0. The molecule has 0 unspecified atom stereocenters. The Hall–Kier alpha value is -4.00. The van der Waals surface area contributed by atoms with Crippen LogP contribution in [-0.2, 0) is 6.61 Å². The Morgan fingerprint density at radius 3 is 2.58 bits per heavy atom. The second-order valence-electron chi connectivity index (χ2n) is 6.71. The van der Waals surface area contributed by atoms with Crippen molar-refractivity contribution in [3.05, 3.63) is 109 Å². The van der Waals surface area contributed by atoms with E-state index < -0.39 is 5.56 Å². The third kappa shape index (κ3) is 6.24. The molecule has 31 heavy (non-hydrogen) atoms. The van der Waals surface area contributed by atoms with Crippen molar-refractivity contribution in [1.82, 2.24) is 19.9 Å². The molecule has 0 atom stereocenters. The lowest BCUT2D eigenvalue weighted by Gasteiger charge is -2.05. The fraction of sp³-hybridized carbons (Fsp3) is 0.167. The van der Waals surface area contributed by atoms with Gasteiger partial charge >= 0.3 is 0 Å². The molecule has 0 radical (unpaired) electrons. The Morgan fingerprint density at radius 1 is 1.10 bits per heavy atom. The average molecular weight is 416 g/mol. The van der Waals surface area contributed by atoms with Gasteiger partial charge in [-0.15, -0.1) is 0 Å². The van der Waals surface area contributed by atoms with Crippen molar-refractivity contribution in [3.8, 4) is 5.75 Å². The first-order chi connectivity index (χ1) is 15.1. The van der Waals surface area contributed by atoms with Gasteiger partial charge in [0, 0.05) is 18.0 Å². The summed E-state index contributed by atoms with van der Waals surface area (Å²) in [5.74, 6) is 0.590. The quantitative estimate of drug-likeness (QED) is 0.574. The molecule has 0 aromatic carbocycles. The number of hydrogen-bond acceptors (Lipinski definition) is 5. The highest BCUT2D eigenvalue weighted by Crippen LogP contribution is 2.11. The van der Waals surface area contributed by atoms with E-state index in [0.29, 0.717) is 18.1 Å². The zero-order valence-electron chi connectivity index (χ0n) is 17.5. The number of hydrogen-bond donors (Lipinski definition) is 2. The van der Waals surface area contributed by atoms with Crippen molar-refractivity contribution < 1.29 is 4.74 Å². The first-order valence-corrected chi connectivity index (χ1v) is 9.95. The van der Waals surface area contributed by atoms with Crippen LogP contribution in [0.5, 0.6) is 5.75 Å². The zero-order chi connectivity index (χ0) is 22.1. The molecule has 3 aromatic heterocycles. The first kappa shape index (κ1) is 21.7. The Morgan fingerprint density at radius 2 is 1.90 bits per heavy atom. The Kier molecular flexibility index (Phi) is 7.48. The molecule has 0 saturated heterocycles. The van der Waals surface area contributed by atoms with E-state index in [1.54, 1.807) is 36.8 Å². The second-order valence-corrected chi connectivity index (χ2v) is 6.71. The normalized spacial score (nSPS) is 13.2. The maximum Gasteiger partial charge on any atom is 0.272 e. The molecule has 0 amide bonds. The standard InChI is InChI=1S/C24H24N4O3/c1-3-6-17(7-4-2)12-21-23(29)28-22(24(30)27-21)13-19-9-10-20(15-26-19)31-16-18-8-5-11-25-14-18/h3,5-15H,4,16H2,1-2H3,(H,27,30)(H,28,29)/b6-3-,17-7+,21-12-,22-13-. The van der Waals surface area contributed by atoms with Gasteiger partial charge in [-0.25, -0.2) is 0 Å². The summed E-state index contributed by atoms with van der Waals surface area (Å²) in [7, 11) is 0. The first-order valence-electron chi connectivity index (χ1n) is 9.95. The van der Waals surface area contributed by atoms with Gasteiger partial charge in [0.05, 0.1) is 11.9 Å². The minimum atomic E-state index is -0.402. The SMILES string of the molecule is C\C=C/C(/C=c1\[nH]c(=O)/c(=C/c2ccc(OCc3cccnc3)cn2)[nH]c1=O)=C\CC. The molecular formula is C24H24N4O3. The maximum atomic E-state index is 12.4. The monoisotopic (exact) mass is 416 g/mol. The number of H-pyrrole nitrogens is 2. The number of ether oxygens (including phenoxy) is 1. The molecule has 0 bridgehead atoms. The van der Waals surface area contributed by atoms with Crippen LogP contribution in [0.15, 0.2) is 76.2 Å². The van der Waals surface area contributed by atoms with Crippen LogP contribution in [0.25, 0.3) is 12.2 Å². The summed E-state index contributed by atoms with van der Waals surface area (Å²) in [5, 5.41) is 0.331. The van der Waals surface area contributed by atoms with Crippen LogP contribution in [0.3, 0.4) is 0 Å². The summed E-state index contributed by atoms with van der Waals surface area (Å²) in [6, 6.07) is 7.23. The summed E-state index contributed by atoms with van der Waals surface area (Å²) in [4.78, 5) is 38.5. The van der Waals surface area contributed by atoms with E-state index in [1.165, 1.54) is 6.08 Å². The Bertz CT molecular complexity index is 1300. The fourth-order valence-electron chi connectivity index (χ4n) is 2.83. The fourth-order valence-corrected chi connectivity index (χ4v) is 2.83. The molecule has 3 aromatic rings. The van der Waals surface area contributed by atoms with E-state index in [-0.39, 0.29) is 16.3 Å². The number of pyridine rings is 2. The van der Waals surface area contributed by atoms with Gasteiger partial charge in [0.25, 0.3) is 11.1 Å². The Labute approximate surface area is 179 Å². The maximum absolute atomic E-state index is 12.4. The summed E-state index contributed by atoms with van der Waals surface area (Å²) in [6.45, 7) is 4.28. The topological polar surface area (TPSA) is 101 Å². The molecule has 7 nitrogen and oxygen atoms in total. The third-order valence-corrected chi connectivity index (χ3v) is 4.28. The van der Waals surface area contributed by atoms with E-state index in [0.717, 1.165) is 17.6 Å². The number of aromatic nitrogens is 4. The molecule has 3 rings (SSSR count). The number of nitrogens with zero attached hydrogens (tertiary/aromatic N) is 2. The lowest BCUT2D eigenvalue weighted by atomic mass is 10.2. The van der Waals surface area contributed by atoms with Crippen molar-refractivity contribution in [2.75, 3.05) is 0 Å². The van der Waals surface area contributed by atoms with Gasteiger partial charge < -0.3 is 14.7 Å². The van der Waals surface area contributed by atoms with Gasteiger partial charge in [-0.3, -0.25) is 19.6 Å². The van der Waals surface area contributed by atoms with Crippen LogP contribution in [0.1, 0.15) is 31.5 Å². The van der Waals surface area contributed by atoms with Crippen LogP contribution in [0.2, 0.25) is 0 Å². The van der Waals surface area contributed by atoms with Gasteiger partial charge in [0.2, 0.25) is 0 Å². The molecule has 0 aliphatic carbocycles. The third-order valence-electron chi connectivity index (χ3n) is 4.28. The molecule has 3 heterocycles. The molecule has 7 heteroatoms. The molecule has 2 N–H and O–H groups in total. The molecule has 0 spiro atoms. The van der Waals surface area contributed by atoms with E-state index in [4.69, 9.17) is 4.74 Å². The summed E-state index contributed by atoms with van der Waals surface area (Å²) in [6.07, 6.45) is 14.7. The van der Waals surface area contributed by atoms with Gasteiger partial charge in [0.1, 0.15) is 23.1 Å². The summed E-state index contributed by atoms with van der Waals surface area (Å²) in [5.41, 5.74) is 1.54. The van der Waals surface area contributed by atoms with Crippen LogP contribution in [0.4, 0.5) is 0 Å². The minimum Gasteiger partial charge on any atom is -0.487 e. The van der Waals surface area contributed by atoms with Crippen LogP contribution in [-0.4, -0.2) is 19.9 Å². The highest BCUT2D eigenvalue weighted by molar-refractivity contribution is 5.51. The predicted molar refractivity (Wildman–Crippen MR) is 121 cm³/mol. The molecule has 0 aliphatic rings. The Balaban J connectivity index is 1.83. The zero-order valence-corrected chi connectivity index (χ0v) is 17.5. The van der Waals surface area contributed by atoms with Crippen LogP contribution in [0, 0.1) is 0 Å². The molecule has 0 saturated carbocycles. The van der Waals surface area contributed by atoms with Gasteiger partial charge in [-0.2, -0.15) is 0 Å². The average Bonchev–Trinajstić information content (AvgIpc) is 2.78. The van der Waals surface area contributed by atoms with Gasteiger partial charge in [0.15, 0.2) is 0 Å². The number of allylic oxidation sites excluding steroid dienone is 4. The lowest BCUT2D eigenvalue weighted by Crippen LogP contribution is -2.46. The van der Waals surface area contributed by atoms with E-state index in [1.807, 2.05) is 44.2 Å². The molecular weight excluding hydrogens is 392 g/mol. The van der Waals surface area contributed by atoms with Crippen molar-refractivity contribution in [3.63, 3.8) is 0 Å². The van der Waals surface area contributed by atoms with Gasteiger partial charge in [-0.05, 0) is 49.3 Å². The smallest absolute Gasteiger partial charge is 0.272 e. The van der Waals surface area contributed by atoms with Crippen molar-refractivity contribution in [1.29, 1.82) is 0 Å². The van der Waals surface area contributed by atoms with Crippen molar-refractivity contribution >= 4 is 12.2 Å². The van der Waals surface area contributed by atoms with Crippen molar-refractivity contribution in [2.24, 2.45) is 0 Å². The second kappa shape index (κ2) is 10.7. The molecule has 158 valence electrons. The molecule has 0 aliphatic heterocycles. The van der Waals surface area contributed by atoms with E-state index in [2.05, 4.69) is 19.9 Å². The number of rotatable bonds is 7. The largest absolute Gasteiger partial charge is 0.487 e. The van der Waals surface area contributed by atoms with Crippen LogP contribution >= 0.6 is 0 Å². The lowest BCUT2D eigenvalue weighted by molar-refractivity contribution is 0.304. The summed E-state index contributed by atoms with van der Waals surface area (Å²) < 4.78 is 5.68. The predicted octanol–water partition coefficient (Wildman–Crippen LogP) is 1.95. The van der Waals surface area contributed by atoms with Crippen molar-refractivity contribution in [2.45, 2.75) is 26.9 Å². The highest BCUT2D eigenvalue weighted by atomic mass is 16.5. The van der Waals surface area contributed by atoms with Crippen LogP contribution < -0.4 is 26.6 Å². The van der Waals surface area contributed by atoms with Gasteiger partial charge in [-0.1, -0.05) is 31.2 Å². The number of aromatic amines is 2.